The third kappa shape index (κ3) is 4.77. The van der Waals surface area contributed by atoms with Crippen LogP contribution < -0.4 is 15.6 Å². The average Bonchev–Trinajstić information content (AvgIpc) is 2.87. The highest BCUT2D eigenvalue weighted by Gasteiger charge is 2.29. The van der Waals surface area contributed by atoms with Gasteiger partial charge in [-0.25, -0.2) is 9.78 Å². The summed E-state index contributed by atoms with van der Waals surface area (Å²) in [7, 11) is 1.59. The van der Waals surface area contributed by atoms with Crippen LogP contribution in [0.25, 0.3) is 10.9 Å². The molecule has 8 heteroatoms. The quantitative estimate of drug-likeness (QED) is 0.570. The molecule has 1 atom stereocenters. The summed E-state index contributed by atoms with van der Waals surface area (Å²) in [4.78, 5) is 35.2. The first-order chi connectivity index (χ1) is 16.6. The number of carbonyl (C=O) groups excluding carboxylic acids is 1. The number of urea groups is 1. The SMILES string of the molecule is CCCn1c(C(CC)N2CCN(C(=O)Nc3ccccc3OC)CC2)nc2ccccc2c1=O. The molecule has 1 aliphatic heterocycles. The number of piperazine rings is 1. The van der Waals surface area contributed by atoms with Gasteiger partial charge in [-0.1, -0.05) is 38.1 Å². The lowest BCUT2D eigenvalue weighted by Gasteiger charge is -2.39. The summed E-state index contributed by atoms with van der Waals surface area (Å²) in [6.07, 6.45) is 1.70. The second kappa shape index (κ2) is 10.7. The first kappa shape index (κ1) is 23.8. The topological polar surface area (TPSA) is 79.7 Å². The molecule has 1 saturated heterocycles. The van der Waals surface area contributed by atoms with Crippen LogP contribution in [0.2, 0.25) is 0 Å². The molecule has 3 aromatic rings. The molecule has 0 radical (unpaired) electrons. The Morgan fingerprint density at radius 2 is 1.76 bits per heavy atom. The van der Waals surface area contributed by atoms with E-state index in [1.807, 2.05) is 58.0 Å². The maximum absolute atomic E-state index is 13.2. The Bertz CT molecular complexity index is 1200. The second-order valence-corrected chi connectivity index (χ2v) is 8.52. The van der Waals surface area contributed by atoms with Gasteiger partial charge in [-0.2, -0.15) is 0 Å². The fraction of sp³-hybridized carbons (Fsp3) is 0.423. The first-order valence-corrected chi connectivity index (χ1v) is 12.0. The molecule has 0 spiro atoms. The molecular weight excluding hydrogens is 430 g/mol. The van der Waals surface area contributed by atoms with Crippen molar-refractivity contribution in [1.29, 1.82) is 0 Å². The third-order valence-corrected chi connectivity index (χ3v) is 6.41. The zero-order chi connectivity index (χ0) is 24.1. The Labute approximate surface area is 200 Å². The molecule has 1 aromatic heterocycles. The number of fused-ring (bicyclic) bond motifs is 1. The highest BCUT2D eigenvalue weighted by atomic mass is 16.5. The van der Waals surface area contributed by atoms with Crippen molar-refractivity contribution in [3.63, 3.8) is 0 Å². The molecule has 0 saturated carbocycles. The van der Waals surface area contributed by atoms with Gasteiger partial charge in [0.05, 0.1) is 29.7 Å². The highest BCUT2D eigenvalue weighted by molar-refractivity contribution is 5.91. The van der Waals surface area contributed by atoms with Crippen LogP contribution in [0.1, 0.15) is 38.6 Å². The van der Waals surface area contributed by atoms with Crippen LogP contribution in [-0.4, -0.2) is 58.7 Å². The van der Waals surface area contributed by atoms with Crippen molar-refractivity contribution >= 4 is 22.6 Å². The zero-order valence-electron chi connectivity index (χ0n) is 20.2. The Balaban J connectivity index is 1.51. The Morgan fingerprint density at radius 1 is 1.06 bits per heavy atom. The number of benzene rings is 2. The Kier molecular flexibility index (Phi) is 7.47. The van der Waals surface area contributed by atoms with Crippen molar-refractivity contribution in [2.45, 2.75) is 39.3 Å². The van der Waals surface area contributed by atoms with Gasteiger partial charge in [0.25, 0.3) is 5.56 Å². The maximum atomic E-state index is 13.2. The molecule has 2 amide bonds. The lowest BCUT2D eigenvalue weighted by atomic mass is 10.1. The van der Waals surface area contributed by atoms with E-state index in [1.54, 1.807) is 7.11 Å². The van der Waals surface area contributed by atoms with Gasteiger partial charge in [0.1, 0.15) is 11.6 Å². The van der Waals surface area contributed by atoms with Gasteiger partial charge in [-0.15, -0.1) is 0 Å². The number of nitrogens with one attached hydrogen (secondary N) is 1. The minimum Gasteiger partial charge on any atom is -0.495 e. The number of hydrogen-bond donors (Lipinski definition) is 1. The van der Waals surface area contributed by atoms with E-state index in [-0.39, 0.29) is 17.6 Å². The zero-order valence-corrected chi connectivity index (χ0v) is 20.2. The van der Waals surface area contributed by atoms with E-state index >= 15 is 0 Å². The second-order valence-electron chi connectivity index (χ2n) is 8.52. The Hall–Kier alpha value is -3.39. The molecule has 34 heavy (non-hydrogen) atoms. The van der Waals surface area contributed by atoms with Gasteiger partial charge in [0.15, 0.2) is 0 Å². The number of aromatic nitrogens is 2. The smallest absolute Gasteiger partial charge is 0.322 e. The molecule has 8 nitrogen and oxygen atoms in total. The van der Waals surface area contributed by atoms with Gasteiger partial charge >= 0.3 is 6.03 Å². The van der Waals surface area contributed by atoms with Crippen LogP contribution in [0.3, 0.4) is 0 Å². The van der Waals surface area contributed by atoms with Crippen molar-refractivity contribution in [3.05, 3.63) is 64.7 Å². The van der Waals surface area contributed by atoms with E-state index < -0.39 is 0 Å². The minimum absolute atomic E-state index is 0.0169. The molecule has 1 aliphatic rings. The number of anilines is 1. The van der Waals surface area contributed by atoms with Crippen LogP contribution >= 0.6 is 0 Å². The van der Waals surface area contributed by atoms with E-state index in [1.165, 1.54) is 0 Å². The molecule has 4 rings (SSSR count). The first-order valence-electron chi connectivity index (χ1n) is 12.0. The summed E-state index contributed by atoms with van der Waals surface area (Å²) < 4.78 is 7.19. The molecule has 180 valence electrons. The highest BCUT2D eigenvalue weighted by Crippen LogP contribution is 2.26. The minimum atomic E-state index is -0.135. The van der Waals surface area contributed by atoms with Gasteiger partial charge in [0, 0.05) is 32.7 Å². The van der Waals surface area contributed by atoms with Gasteiger partial charge < -0.3 is 15.0 Å². The molecule has 2 heterocycles. The monoisotopic (exact) mass is 463 g/mol. The maximum Gasteiger partial charge on any atom is 0.322 e. The van der Waals surface area contributed by atoms with E-state index in [2.05, 4.69) is 24.1 Å². The van der Waals surface area contributed by atoms with Crippen molar-refractivity contribution in [2.24, 2.45) is 0 Å². The molecule has 0 bridgehead atoms. The van der Waals surface area contributed by atoms with Crippen molar-refractivity contribution in [1.82, 2.24) is 19.4 Å². The van der Waals surface area contributed by atoms with Crippen LogP contribution in [0, 0.1) is 0 Å². The number of hydrogen-bond acceptors (Lipinski definition) is 5. The molecule has 1 unspecified atom stereocenters. The molecule has 2 aromatic carbocycles. The number of amides is 2. The number of ether oxygens (including phenoxy) is 1. The number of nitrogens with zero attached hydrogens (tertiary/aromatic N) is 4. The number of para-hydroxylation sites is 3. The predicted octanol–water partition coefficient (Wildman–Crippen LogP) is 4.12. The van der Waals surface area contributed by atoms with Gasteiger partial charge in [-0.3, -0.25) is 14.3 Å². The summed E-state index contributed by atoms with van der Waals surface area (Å²) in [5.74, 6) is 1.46. The van der Waals surface area contributed by atoms with E-state index in [9.17, 15) is 9.59 Å². The normalized spacial score (nSPS) is 15.3. The van der Waals surface area contributed by atoms with Crippen LogP contribution in [0.4, 0.5) is 10.5 Å². The average molecular weight is 464 g/mol. The van der Waals surface area contributed by atoms with E-state index in [0.29, 0.717) is 49.5 Å². The van der Waals surface area contributed by atoms with E-state index in [4.69, 9.17) is 9.72 Å². The van der Waals surface area contributed by atoms with Crippen molar-refractivity contribution in [3.8, 4) is 5.75 Å². The predicted molar refractivity (Wildman–Crippen MR) is 134 cm³/mol. The summed E-state index contributed by atoms with van der Waals surface area (Å²) in [5.41, 5.74) is 1.42. The summed E-state index contributed by atoms with van der Waals surface area (Å²) in [6, 6.07) is 14.8. The largest absolute Gasteiger partial charge is 0.495 e. The van der Waals surface area contributed by atoms with Crippen LogP contribution in [0.15, 0.2) is 53.3 Å². The standard InChI is InChI=1S/C26H33N5O3/c1-4-14-31-24(27-20-11-7-6-10-19(20)25(31)32)22(5-2)29-15-17-30(18-16-29)26(33)28-21-12-8-9-13-23(21)34-3/h6-13,22H,4-5,14-18H2,1-3H3,(H,28,33). The molecule has 0 aliphatic carbocycles. The van der Waals surface area contributed by atoms with Crippen molar-refractivity contribution < 1.29 is 9.53 Å². The van der Waals surface area contributed by atoms with Crippen molar-refractivity contribution in [2.75, 3.05) is 38.6 Å². The fourth-order valence-electron chi connectivity index (χ4n) is 4.66. The number of carbonyl (C=O) groups is 1. The molecule has 1 fully saturated rings. The molecular formula is C26H33N5O3. The molecule has 1 N–H and O–H groups in total. The summed E-state index contributed by atoms with van der Waals surface area (Å²) >= 11 is 0. The number of rotatable bonds is 7. The fourth-order valence-corrected chi connectivity index (χ4v) is 4.66. The number of methoxy groups -OCH3 is 1. The van der Waals surface area contributed by atoms with Crippen LogP contribution in [0.5, 0.6) is 5.75 Å². The lowest BCUT2D eigenvalue weighted by Crippen LogP contribution is -2.51. The van der Waals surface area contributed by atoms with Gasteiger partial charge in [0.2, 0.25) is 0 Å². The van der Waals surface area contributed by atoms with Gasteiger partial charge in [-0.05, 0) is 37.1 Å². The summed E-state index contributed by atoms with van der Waals surface area (Å²) in [5, 5.41) is 3.62. The van der Waals surface area contributed by atoms with E-state index in [0.717, 1.165) is 24.2 Å². The third-order valence-electron chi connectivity index (χ3n) is 6.41. The summed E-state index contributed by atoms with van der Waals surface area (Å²) in [6.45, 7) is 7.48. The Morgan fingerprint density at radius 3 is 2.47 bits per heavy atom. The lowest BCUT2D eigenvalue weighted by molar-refractivity contribution is 0.105. The van der Waals surface area contributed by atoms with Crippen LogP contribution in [-0.2, 0) is 6.54 Å².